The molecule has 1 heterocycles. The van der Waals surface area contributed by atoms with Gasteiger partial charge in [-0.1, -0.05) is 74.2 Å². The molecular formula is C24H24N2O2. The first-order chi connectivity index (χ1) is 13.6. The summed E-state index contributed by atoms with van der Waals surface area (Å²) in [6, 6.07) is 16.5. The summed E-state index contributed by atoms with van der Waals surface area (Å²) in [4.78, 5) is 17.7. The fraction of sp³-hybridized carbons (Fsp3) is 0.167. The molecule has 2 aromatic carbocycles. The van der Waals surface area contributed by atoms with E-state index in [1.807, 2.05) is 68.5 Å². The van der Waals surface area contributed by atoms with E-state index in [2.05, 4.69) is 16.9 Å². The van der Waals surface area contributed by atoms with Gasteiger partial charge in [0.05, 0.1) is 17.1 Å². The number of nitrogens with one attached hydrogen (secondary N) is 1. The minimum atomic E-state index is -0.343. The predicted octanol–water partition coefficient (Wildman–Crippen LogP) is 5.25. The number of nitrogens with zero attached hydrogens (tertiary/aromatic N) is 1. The molecule has 1 aromatic heterocycles. The van der Waals surface area contributed by atoms with Crippen molar-refractivity contribution >= 4 is 16.8 Å². The molecule has 0 radical (unpaired) electrons. The molecule has 142 valence electrons. The molecule has 3 aromatic rings. The molecular weight excluding hydrogens is 348 g/mol. The largest absolute Gasteiger partial charge is 0.505 e. The molecule has 0 spiro atoms. The van der Waals surface area contributed by atoms with Crippen molar-refractivity contribution in [1.29, 1.82) is 0 Å². The summed E-state index contributed by atoms with van der Waals surface area (Å²) in [6.07, 6.45) is 4.62. The number of para-hydroxylation sites is 1. The lowest BCUT2D eigenvalue weighted by Crippen LogP contribution is -2.33. The van der Waals surface area contributed by atoms with Crippen molar-refractivity contribution in [2.75, 3.05) is 0 Å². The number of hydrogen-bond acceptors (Lipinski definition) is 3. The van der Waals surface area contributed by atoms with Crippen LogP contribution in [0.15, 0.2) is 78.9 Å². The van der Waals surface area contributed by atoms with Gasteiger partial charge in [-0.15, -0.1) is 0 Å². The number of amides is 1. The summed E-state index contributed by atoms with van der Waals surface area (Å²) in [5, 5.41) is 14.6. The molecule has 0 aliphatic carbocycles. The Morgan fingerprint density at radius 1 is 1.18 bits per heavy atom. The van der Waals surface area contributed by atoms with Crippen LogP contribution in [0.4, 0.5) is 0 Å². The van der Waals surface area contributed by atoms with Crippen LogP contribution in [0.25, 0.3) is 22.2 Å². The third kappa shape index (κ3) is 3.81. The minimum Gasteiger partial charge on any atom is -0.505 e. The number of carbonyl (C=O) groups excluding carboxylic acids is 1. The van der Waals surface area contributed by atoms with E-state index in [0.29, 0.717) is 16.6 Å². The summed E-state index contributed by atoms with van der Waals surface area (Å²) in [5.41, 5.74) is 2.98. The molecule has 4 heteroatoms. The fourth-order valence-electron chi connectivity index (χ4n) is 3.25. The molecule has 1 amide bonds. The molecule has 0 aliphatic heterocycles. The van der Waals surface area contributed by atoms with Crippen LogP contribution in [0.5, 0.6) is 5.75 Å². The molecule has 1 atom stereocenters. The second-order valence-corrected chi connectivity index (χ2v) is 6.58. The maximum atomic E-state index is 13.1. The standard InChI is InChI=1S/C24H24N2O2/c1-4-11-17(5-2)16(3)25-24(28)21-19-14-9-10-15-20(19)26-22(23(21)27)18-12-7-6-8-13-18/h5-16,27H,2,4H2,1,3H3,(H,25,28)/b17-11+. The number of carbonyl (C=O) groups is 1. The second-order valence-electron chi connectivity index (χ2n) is 6.58. The van der Waals surface area contributed by atoms with Crippen molar-refractivity contribution < 1.29 is 9.90 Å². The lowest BCUT2D eigenvalue weighted by molar-refractivity contribution is 0.0945. The number of pyridine rings is 1. The zero-order valence-corrected chi connectivity index (χ0v) is 16.1. The van der Waals surface area contributed by atoms with Crippen LogP contribution in [0, 0.1) is 0 Å². The average molecular weight is 372 g/mol. The third-order valence-electron chi connectivity index (χ3n) is 4.66. The molecule has 3 rings (SSSR count). The maximum absolute atomic E-state index is 13.1. The molecule has 0 saturated heterocycles. The van der Waals surface area contributed by atoms with Gasteiger partial charge in [0.25, 0.3) is 5.91 Å². The van der Waals surface area contributed by atoms with Crippen molar-refractivity contribution in [3.63, 3.8) is 0 Å². The Morgan fingerprint density at radius 2 is 1.86 bits per heavy atom. The van der Waals surface area contributed by atoms with Gasteiger partial charge in [0.1, 0.15) is 5.69 Å². The van der Waals surface area contributed by atoms with E-state index in [1.54, 1.807) is 12.1 Å². The Hall–Kier alpha value is -3.40. The van der Waals surface area contributed by atoms with Crippen molar-refractivity contribution in [3.8, 4) is 17.0 Å². The first kappa shape index (κ1) is 19.4. The van der Waals surface area contributed by atoms with Gasteiger partial charge < -0.3 is 10.4 Å². The van der Waals surface area contributed by atoms with E-state index in [1.165, 1.54) is 0 Å². The number of aromatic hydroxyl groups is 1. The Bertz CT molecular complexity index is 1040. The van der Waals surface area contributed by atoms with Crippen LogP contribution in [-0.4, -0.2) is 22.0 Å². The molecule has 0 bridgehead atoms. The smallest absolute Gasteiger partial charge is 0.256 e. The van der Waals surface area contributed by atoms with Crippen molar-refractivity contribution in [2.45, 2.75) is 26.3 Å². The van der Waals surface area contributed by atoms with E-state index in [-0.39, 0.29) is 23.3 Å². The van der Waals surface area contributed by atoms with Crippen LogP contribution in [0.3, 0.4) is 0 Å². The molecule has 2 N–H and O–H groups in total. The fourth-order valence-corrected chi connectivity index (χ4v) is 3.25. The van der Waals surface area contributed by atoms with Crippen LogP contribution < -0.4 is 5.32 Å². The van der Waals surface area contributed by atoms with Crippen LogP contribution in [-0.2, 0) is 0 Å². The van der Waals surface area contributed by atoms with Gasteiger partial charge in [0, 0.05) is 10.9 Å². The first-order valence-electron chi connectivity index (χ1n) is 9.37. The highest BCUT2D eigenvalue weighted by Crippen LogP contribution is 2.35. The highest BCUT2D eigenvalue weighted by atomic mass is 16.3. The Kier molecular flexibility index (Phi) is 5.90. The van der Waals surface area contributed by atoms with Gasteiger partial charge in [0.15, 0.2) is 5.75 Å². The summed E-state index contributed by atoms with van der Waals surface area (Å²) in [5.74, 6) is -0.459. The van der Waals surface area contributed by atoms with Gasteiger partial charge in [-0.05, 0) is 25.0 Å². The molecule has 1 unspecified atom stereocenters. The van der Waals surface area contributed by atoms with Crippen LogP contribution >= 0.6 is 0 Å². The zero-order chi connectivity index (χ0) is 20.1. The topological polar surface area (TPSA) is 62.2 Å². The number of benzene rings is 2. The van der Waals surface area contributed by atoms with E-state index in [4.69, 9.17) is 0 Å². The number of allylic oxidation sites excluding steroid dienone is 1. The van der Waals surface area contributed by atoms with Gasteiger partial charge in [-0.3, -0.25) is 4.79 Å². The van der Waals surface area contributed by atoms with Gasteiger partial charge >= 0.3 is 0 Å². The summed E-state index contributed by atoms with van der Waals surface area (Å²) in [6.45, 7) is 7.76. The SMILES string of the molecule is C=C/C(=C\CC)C(C)NC(=O)c1c(O)c(-c2ccccc2)nc2ccccc12. The molecule has 4 nitrogen and oxygen atoms in total. The van der Waals surface area contributed by atoms with E-state index in [0.717, 1.165) is 17.6 Å². The van der Waals surface area contributed by atoms with Gasteiger partial charge in [-0.2, -0.15) is 0 Å². The monoisotopic (exact) mass is 372 g/mol. The maximum Gasteiger partial charge on any atom is 0.256 e. The molecule has 0 saturated carbocycles. The highest BCUT2D eigenvalue weighted by molar-refractivity contribution is 6.10. The predicted molar refractivity (Wildman–Crippen MR) is 114 cm³/mol. The molecule has 0 aliphatic rings. The summed E-state index contributed by atoms with van der Waals surface area (Å²) in [7, 11) is 0. The number of fused-ring (bicyclic) bond motifs is 1. The average Bonchev–Trinajstić information content (AvgIpc) is 2.71. The molecule has 0 fully saturated rings. The third-order valence-corrected chi connectivity index (χ3v) is 4.66. The van der Waals surface area contributed by atoms with Crippen LogP contribution in [0.2, 0.25) is 0 Å². The number of aromatic nitrogens is 1. The Balaban J connectivity index is 2.11. The first-order valence-corrected chi connectivity index (χ1v) is 9.37. The van der Waals surface area contributed by atoms with Crippen LogP contribution in [0.1, 0.15) is 30.6 Å². The quantitative estimate of drug-likeness (QED) is 0.581. The molecule has 28 heavy (non-hydrogen) atoms. The van der Waals surface area contributed by atoms with E-state index >= 15 is 0 Å². The summed E-state index contributed by atoms with van der Waals surface area (Å²) < 4.78 is 0. The Labute approximate surface area is 165 Å². The number of rotatable bonds is 6. The van der Waals surface area contributed by atoms with E-state index < -0.39 is 0 Å². The normalized spacial score (nSPS) is 12.6. The summed E-state index contributed by atoms with van der Waals surface area (Å²) >= 11 is 0. The van der Waals surface area contributed by atoms with Crippen molar-refractivity contribution in [1.82, 2.24) is 10.3 Å². The zero-order valence-electron chi connectivity index (χ0n) is 16.1. The number of hydrogen-bond donors (Lipinski definition) is 2. The van der Waals surface area contributed by atoms with E-state index in [9.17, 15) is 9.90 Å². The second kappa shape index (κ2) is 8.53. The lowest BCUT2D eigenvalue weighted by Gasteiger charge is -2.18. The Morgan fingerprint density at radius 3 is 2.54 bits per heavy atom. The van der Waals surface area contributed by atoms with Crippen molar-refractivity contribution in [2.24, 2.45) is 0 Å². The van der Waals surface area contributed by atoms with Crippen molar-refractivity contribution in [3.05, 3.63) is 84.5 Å². The highest BCUT2D eigenvalue weighted by Gasteiger charge is 2.22. The van der Waals surface area contributed by atoms with Gasteiger partial charge in [-0.25, -0.2) is 4.98 Å². The lowest BCUT2D eigenvalue weighted by atomic mass is 10.0. The minimum absolute atomic E-state index is 0.116. The van der Waals surface area contributed by atoms with Gasteiger partial charge in [0.2, 0.25) is 0 Å².